The summed E-state index contributed by atoms with van der Waals surface area (Å²) < 4.78 is 0. The quantitative estimate of drug-likeness (QED) is 0.866. The topological polar surface area (TPSA) is 59.2 Å². The Morgan fingerprint density at radius 1 is 1.25 bits per heavy atom. The predicted octanol–water partition coefficient (Wildman–Crippen LogP) is 2.29. The summed E-state index contributed by atoms with van der Waals surface area (Å²) in [5.74, 6) is -0.0327. The number of nitrogens with zero attached hydrogens (tertiary/aromatic N) is 2. The summed E-state index contributed by atoms with van der Waals surface area (Å²) in [5, 5.41) is 0. The average molecular weight is 269 g/mol. The maximum Gasteiger partial charge on any atom is 0.255 e. The number of amides is 1. The van der Waals surface area contributed by atoms with E-state index in [9.17, 15) is 4.79 Å². The van der Waals surface area contributed by atoms with Gasteiger partial charge in [0.1, 0.15) is 0 Å². The van der Waals surface area contributed by atoms with Crippen LogP contribution in [0.5, 0.6) is 0 Å². The van der Waals surface area contributed by atoms with Crippen LogP contribution in [-0.2, 0) is 6.42 Å². The van der Waals surface area contributed by atoms with Crippen LogP contribution in [0, 0.1) is 6.92 Å². The Bertz CT molecular complexity index is 576. The maximum absolute atomic E-state index is 12.4. The molecule has 4 nitrogen and oxygen atoms in total. The molecule has 2 aromatic rings. The number of anilines is 1. The predicted molar refractivity (Wildman–Crippen MR) is 80.5 cm³/mol. The first kappa shape index (κ1) is 14.1. The van der Waals surface area contributed by atoms with Gasteiger partial charge < -0.3 is 10.6 Å². The lowest BCUT2D eigenvalue weighted by molar-refractivity contribution is 0.0797. The van der Waals surface area contributed by atoms with Gasteiger partial charge in [-0.25, -0.2) is 0 Å². The average Bonchev–Trinajstić information content (AvgIpc) is 2.45. The summed E-state index contributed by atoms with van der Waals surface area (Å²) >= 11 is 0. The molecule has 20 heavy (non-hydrogen) atoms. The van der Waals surface area contributed by atoms with Crippen molar-refractivity contribution in [3.8, 4) is 0 Å². The third kappa shape index (κ3) is 3.15. The molecule has 2 rings (SSSR count). The van der Waals surface area contributed by atoms with E-state index in [1.54, 1.807) is 30.4 Å². The molecule has 0 aliphatic heterocycles. The van der Waals surface area contributed by atoms with Crippen LogP contribution in [0.1, 0.15) is 21.5 Å². The minimum atomic E-state index is -0.0327. The molecule has 1 amide bonds. The van der Waals surface area contributed by atoms with E-state index in [1.165, 1.54) is 0 Å². The Hall–Kier alpha value is -2.36. The van der Waals surface area contributed by atoms with E-state index in [0.29, 0.717) is 17.8 Å². The monoisotopic (exact) mass is 269 g/mol. The molecule has 0 saturated carbocycles. The molecule has 2 N–H and O–H groups in total. The molecule has 0 aliphatic rings. The van der Waals surface area contributed by atoms with Crippen molar-refractivity contribution >= 4 is 11.6 Å². The first-order valence-corrected chi connectivity index (χ1v) is 6.59. The van der Waals surface area contributed by atoms with Crippen molar-refractivity contribution in [3.63, 3.8) is 0 Å². The highest BCUT2D eigenvalue weighted by Crippen LogP contribution is 2.18. The maximum atomic E-state index is 12.4. The largest absolute Gasteiger partial charge is 0.398 e. The van der Waals surface area contributed by atoms with Crippen LogP contribution in [0.2, 0.25) is 0 Å². The lowest BCUT2D eigenvalue weighted by Gasteiger charge is -2.19. The van der Waals surface area contributed by atoms with Crippen molar-refractivity contribution in [1.29, 1.82) is 0 Å². The van der Waals surface area contributed by atoms with Gasteiger partial charge in [-0.15, -0.1) is 0 Å². The number of aromatic nitrogens is 1. The number of carbonyl (C=O) groups excluding carboxylic acids is 1. The smallest absolute Gasteiger partial charge is 0.255 e. The van der Waals surface area contributed by atoms with Gasteiger partial charge in [-0.05, 0) is 42.7 Å². The third-order valence-corrected chi connectivity index (χ3v) is 3.35. The molecule has 0 unspecified atom stereocenters. The molecule has 1 aromatic heterocycles. The van der Waals surface area contributed by atoms with Crippen LogP contribution in [-0.4, -0.2) is 29.4 Å². The van der Waals surface area contributed by atoms with Crippen molar-refractivity contribution in [3.05, 3.63) is 59.4 Å². The normalized spacial score (nSPS) is 10.3. The molecule has 4 heteroatoms. The molecule has 104 valence electrons. The summed E-state index contributed by atoms with van der Waals surface area (Å²) in [6.07, 6.45) is 4.32. The summed E-state index contributed by atoms with van der Waals surface area (Å²) in [7, 11) is 1.80. The minimum Gasteiger partial charge on any atom is -0.398 e. The summed E-state index contributed by atoms with van der Waals surface area (Å²) in [4.78, 5) is 18.1. The first-order chi connectivity index (χ1) is 9.59. The van der Waals surface area contributed by atoms with Crippen LogP contribution in [0.25, 0.3) is 0 Å². The van der Waals surface area contributed by atoms with Crippen LogP contribution < -0.4 is 5.73 Å². The zero-order chi connectivity index (χ0) is 14.5. The number of pyridine rings is 1. The summed E-state index contributed by atoms with van der Waals surface area (Å²) in [5.41, 5.74) is 9.12. The molecular weight excluding hydrogens is 250 g/mol. The lowest BCUT2D eigenvalue weighted by atomic mass is 10.1. The van der Waals surface area contributed by atoms with Gasteiger partial charge in [-0.2, -0.15) is 0 Å². The molecule has 1 aromatic carbocycles. The van der Waals surface area contributed by atoms with Crippen molar-refractivity contribution in [2.75, 3.05) is 19.3 Å². The van der Waals surface area contributed by atoms with Crippen molar-refractivity contribution in [1.82, 2.24) is 9.88 Å². The van der Waals surface area contributed by atoms with Crippen molar-refractivity contribution in [2.24, 2.45) is 0 Å². The molecule has 0 saturated heterocycles. The second-order valence-corrected chi connectivity index (χ2v) is 4.87. The minimum absolute atomic E-state index is 0.0327. The Kier molecular flexibility index (Phi) is 4.35. The van der Waals surface area contributed by atoms with Gasteiger partial charge in [0.25, 0.3) is 5.91 Å². The highest BCUT2D eigenvalue weighted by molar-refractivity contribution is 6.00. The lowest BCUT2D eigenvalue weighted by Crippen LogP contribution is -2.30. The van der Waals surface area contributed by atoms with Crippen LogP contribution in [0.15, 0.2) is 42.7 Å². The van der Waals surface area contributed by atoms with E-state index < -0.39 is 0 Å². The van der Waals surface area contributed by atoms with E-state index in [2.05, 4.69) is 4.98 Å². The fourth-order valence-electron chi connectivity index (χ4n) is 2.12. The zero-order valence-corrected chi connectivity index (χ0v) is 11.8. The van der Waals surface area contributed by atoms with Gasteiger partial charge in [0.15, 0.2) is 0 Å². The molecule has 1 heterocycles. The Morgan fingerprint density at radius 2 is 1.95 bits per heavy atom. The Morgan fingerprint density at radius 3 is 2.60 bits per heavy atom. The number of nitrogen functional groups attached to an aromatic ring is 1. The SMILES string of the molecule is Cc1cccc(N)c1C(=O)N(C)CCc1ccncc1. The van der Waals surface area contributed by atoms with E-state index in [0.717, 1.165) is 17.5 Å². The van der Waals surface area contributed by atoms with Crippen LogP contribution >= 0.6 is 0 Å². The van der Waals surface area contributed by atoms with Crippen molar-refractivity contribution in [2.45, 2.75) is 13.3 Å². The highest BCUT2D eigenvalue weighted by Gasteiger charge is 2.16. The molecule has 0 fully saturated rings. The van der Waals surface area contributed by atoms with Gasteiger partial charge in [0, 0.05) is 31.7 Å². The second-order valence-electron chi connectivity index (χ2n) is 4.87. The number of hydrogen-bond donors (Lipinski definition) is 1. The fourth-order valence-corrected chi connectivity index (χ4v) is 2.12. The van der Waals surface area contributed by atoms with Crippen molar-refractivity contribution < 1.29 is 4.79 Å². The number of benzene rings is 1. The van der Waals surface area contributed by atoms with E-state index >= 15 is 0 Å². The molecule has 0 bridgehead atoms. The zero-order valence-electron chi connectivity index (χ0n) is 11.8. The molecule has 0 radical (unpaired) electrons. The van der Waals surface area contributed by atoms with Gasteiger partial charge in [0.05, 0.1) is 5.56 Å². The number of likely N-dealkylation sites (N-methyl/N-ethyl adjacent to an activating group) is 1. The van der Waals surface area contributed by atoms with E-state index in [4.69, 9.17) is 5.73 Å². The summed E-state index contributed by atoms with van der Waals surface area (Å²) in [6.45, 7) is 2.55. The van der Waals surface area contributed by atoms with E-state index in [-0.39, 0.29) is 5.91 Å². The highest BCUT2D eigenvalue weighted by atomic mass is 16.2. The Balaban J connectivity index is 2.06. The van der Waals surface area contributed by atoms with Gasteiger partial charge in [-0.1, -0.05) is 12.1 Å². The summed E-state index contributed by atoms with van der Waals surface area (Å²) in [6, 6.07) is 9.44. The third-order valence-electron chi connectivity index (χ3n) is 3.35. The molecule has 0 spiro atoms. The van der Waals surface area contributed by atoms with Gasteiger partial charge >= 0.3 is 0 Å². The van der Waals surface area contributed by atoms with Gasteiger partial charge in [-0.3, -0.25) is 9.78 Å². The second kappa shape index (κ2) is 6.19. The number of nitrogens with two attached hydrogens (primary N) is 1. The van der Waals surface area contributed by atoms with Gasteiger partial charge in [0.2, 0.25) is 0 Å². The van der Waals surface area contributed by atoms with Crippen LogP contribution in [0.4, 0.5) is 5.69 Å². The first-order valence-electron chi connectivity index (χ1n) is 6.59. The number of aryl methyl sites for hydroxylation is 1. The Labute approximate surface area is 119 Å². The molecular formula is C16H19N3O. The molecule has 0 aliphatic carbocycles. The van der Waals surface area contributed by atoms with Crippen LogP contribution in [0.3, 0.4) is 0 Å². The fraction of sp³-hybridized carbons (Fsp3) is 0.250. The number of rotatable bonds is 4. The number of hydrogen-bond acceptors (Lipinski definition) is 3. The number of carbonyl (C=O) groups is 1. The standard InChI is InChI=1S/C16H19N3O/c1-12-4-3-5-14(17)15(12)16(20)19(2)11-8-13-6-9-18-10-7-13/h3-7,9-10H,8,11,17H2,1-2H3. The van der Waals surface area contributed by atoms with E-state index in [1.807, 2.05) is 31.2 Å². The molecule has 0 atom stereocenters.